The van der Waals surface area contributed by atoms with Crippen molar-refractivity contribution in [3.05, 3.63) is 45.5 Å². The molecule has 1 atom stereocenters. The van der Waals surface area contributed by atoms with Gasteiger partial charge in [-0.25, -0.2) is 0 Å². The lowest BCUT2D eigenvalue weighted by atomic mass is 10.2. The van der Waals surface area contributed by atoms with Gasteiger partial charge >= 0.3 is 0 Å². The van der Waals surface area contributed by atoms with Gasteiger partial charge in [0.1, 0.15) is 0 Å². The largest absolute Gasteiger partial charge is 0.472 e. The highest BCUT2D eigenvalue weighted by molar-refractivity contribution is 7.11. The first-order valence-electron chi connectivity index (χ1n) is 3.68. The highest BCUT2D eigenvalue weighted by atomic mass is 35.5. The molecule has 0 amide bonds. The van der Waals surface area contributed by atoms with Crippen molar-refractivity contribution in [3.8, 4) is 0 Å². The summed E-state index contributed by atoms with van der Waals surface area (Å²) in [5, 5.41) is 2.44. The van der Waals surface area contributed by atoms with Gasteiger partial charge in [0.15, 0.2) is 0 Å². The summed E-state index contributed by atoms with van der Waals surface area (Å²) in [4.78, 5) is 0.963. The predicted octanol–water partition coefficient (Wildman–Crippen LogP) is 4.32. The van der Waals surface area contributed by atoms with Crippen molar-refractivity contribution in [2.24, 2.45) is 0 Å². The fourth-order valence-corrected chi connectivity index (χ4v) is 2.68. The van der Waals surface area contributed by atoms with E-state index >= 15 is 0 Å². The van der Waals surface area contributed by atoms with Crippen LogP contribution in [0.25, 0.3) is 0 Å². The maximum atomic E-state index is 6.19. The summed E-state index contributed by atoms with van der Waals surface area (Å²) >= 11 is 13.7. The van der Waals surface area contributed by atoms with Gasteiger partial charge < -0.3 is 4.42 Å². The SMILES string of the molecule is Clc1ccsc1C(Cl)c1ccoc1. The molecular formula is C9H6Cl2OS. The van der Waals surface area contributed by atoms with E-state index in [-0.39, 0.29) is 5.38 Å². The topological polar surface area (TPSA) is 13.1 Å². The van der Waals surface area contributed by atoms with Crippen LogP contribution in [0.5, 0.6) is 0 Å². The van der Waals surface area contributed by atoms with E-state index in [2.05, 4.69) is 0 Å². The predicted molar refractivity (Wildman–Crippen MR) is 55.7 cm³/mol. The summed E-state index contributed by atoms with van der Waals surface area (Å²) in [6.07, 6.45) is 3.24. The van der Waals surface area contributed by atoms with E-state index < -0.39 is 0 Å². The molecule has 0 aliphatic carbocycles. The molecule has 0 radical (unpaired) electrons. The first-order chi connectivity index (χ1) is 6.29. The molecule has 0 aliphatic rings. The minimum atomic E-state index is -0.203. The molecule has 2 aromatic heterocycles. The lowest BCUT2D eigenvalue weighted by molar-refractivity contribution is 0.564. The van der Waals surface area contributed by atoms with Gasteiger partial charge in [-0.2, -0.15) is 0 Å². The van der Waals surface area contributed by atoms with E-state index in [1.807, 2.05) is 17.5 Å². The highest BCUT2D eigenvalue weighted by Crippen LogP contribution is 2.37. The smallest absolute Gasteiger partial charge is 0.0973 e. The average Bonchev–Trinajstić information content (AvgIpc) is 2.72. The zero-order valence-corrected chi connectivity index (χ0v) is 8.86. The summed E-state index contributed by atoms with van der Waals surface area (Å²) in [5.74, 6) is 0. The molecule has 0 aromatic carbocycles. The molecule has 1 unspecified atom stereocenters. The van der Waals surface area contributed by atoms with Crippen molar-refractivity contribution in [3.63, 3.8) is 0 Å². The maximum Gasteiger partial charge on any atom is 0.0973 e. The molecule has 0 bridgehead atoms. The van der Waals surface area contributed by atoms with E-state index in [0.717, 1.165) is 10.4 Å². The van der Waals surface area contributed by atoms with Crippen LogP contribution >= 0.6 is 34.5 Å². The zero-order chi connectivity index (χ0) is 9.26. The van der Waals surface area contributed by atoms with Gasteiger partial charge in [-0.3, -0.25) is 0 Å². The Balaban J connectivity index is 2.33. The van der Waals surface area contributed by atoms with Gasteiger partial charge in [0.05, 0.1) is 22.9 Å². The number of rotatable bonds is 2. The van der Waals surface area contributed by atoms with E-state index in [9.17, 15) is 0 Å². The second-order valence-corrected chi connectivity index (χ2v) is 4.34. The van der Waals surface area contributed by atoms with Crippen molar-refractivity contribution in [2.75, 3.05) is 0 Å². The third-order valence-corrected chi connectivity index (χ3v) is 3.73. The minimum absolute atomic E-state index is 0.203. The lowest BCUT2D eigenvalue weighted by Crippen LogP contribution is -1.87. The monoisotopic (exact) mass is 232 g/mol. The molecule has 68 valence electrons. The highest BCUT2D eigenvalue weighted by Gasteiger charge is 2.16. The zero-order valence-electron chi connectivity index (χ0n) is 6.54. The van der Waals surface area contributed by atoms with Crippen LogP contribution in [0, 0.1) is 0 Å². The number of thiophene rings is 1. The lowest BCUT2D eigenvalue weighted by Gasteiger charge is -2.03. The molecule has 0 spiro atoms. The summed E-state index contributed by atoms with van der Waals surface area (Å²) in [6.45, 7) is 0. The Morgan fingerprint density at radius 2 is 2.23 bits per heavy atom. The Morgan fingerprint density at radius 1 is 1.38 bits per heavy atom. The number of hydrogen-bond acceptors (Lipinski definition) is 2. The van der Waals surface area contributed by atoms with Crippen molar-refractivity contribution in [1.29, 1.82) is 0 Å². The Morgan fingerprint density at radius 3 is 2.77 bits per heavy atom. The third-order valence-electron chi connectivity index (χ3n) is 1.71. The van der Waals surface area contributed by atoms with Crippen LogP contribution in [0.4, 0.5) is 0 Å². The van der Waals surface area contributed by atoms with E-state index in [4.69, 9.17) is 27.6 Å². The summed E-state index contributed by atoms with van der Waals surface area (Å²) in [5.41, 5.74) is 0.936. The fourth-order valence-electron chi connectivity index (χ4n) is 1.06. The standard InChI is InChI=1S/C9H6Cl2OS/c10-7-2-4-13-9(7)8(11)6-1-3-12-5-6/h1-5,8H. The normalized spacial score (nSPS) is 13.1. The molecule has 4 heteroatoms. The van der Waals surface area contributed by atoms with Crippen molar-refractivity contribution >= 4 is 34.5 Å². The van der Waals surface area contributed by atoms with Crippen LogP contribution in [0.15, 0.2) is 34.5 Å². The van der Waals surface area contributed by atoms with Crippen molar-refractivity contribution in [1.82, 2.24) is 0 Å². The number of hydrogen-bond donors (Lipinski definition) is 0. The second kappa shape index (κ2) is 3.74. The molecule has 2 heterocycles. The molecule has 0 saturated carbocycles. The van der Waals surface area contributed by atoms with Crippen LogP contribution < -0.4 is 0 Å². The molecule has 0 saturated heterocycles. The fraction of sp³-hybridized carbons (Fsp3) is 0.111. The quantitative estimate of drug-likeness (QED) is 0.704. The molecule has 2 aromatic rings. The van der Waals surface area contributed by atoms with Crippen LogP contribution in [0.2, 0.25) is 5.02 Å². The van der Waals surface area contributed by atoms with E-state index in [0.29, 0.717) is 5.02 Å². The Labute approximate surface area is 89.9 Å². The van der Waals surface area contributed by atoms with Crippen LogP contribution in [0.1, 0.15) is 15.8 Å². The minimum Gasteiger partial charge on any atom is -0.472 e. The molecular weight excluding hydrogens is 227 g/mol. The van der Waals surface area contributed by atoms with E-state index in [1.54, 1.807) is 23.9 Å². The van der Waals surface area contributed by atoms with Crippen LogP contribution in [-0.4, -0.2) is 0 Å². The van der Waals surface area contributed by atoms with Crippen LogP contribution in [0.3, 0.4) is 0 Å². The second-order valence-electron chi connectivity index (χ2n) is 2.55. The summed E-state index contributed by atoms with van der Waals surface area (Å²) < 4.78 is 4.95. The molecule has 1 nitrogen and oxygen atoms in total. The Bertz CT molecular complexity index is 380. The van der Waals surface area contributed by atoms with Gasteiger partial charge in [0.2, 0.25) is 0 Å². The first kappa shape index (κ1) is 9.13. The van der Waals surface area contributed by atoms with Gasteiger partial charge in [-0.1, -0.05) is 11.6 Å². The number of alkyl halides is 1. The average molecular weight is 233 g/mol. The molecule has 0 N–H and O–H groups in total. The summed E-state index contributed by atoms with van der Waals surface area (Å²) in [6, 6.07) is 3.69. The van der Waals surface area contributed by atoms with Gasteiger partial charge in [0, 0.05) is 10.4 Å². The Hall–Kier alpha value is -0.440. The molecule has 13 heavy (non-hydrogen) atoms. The molecule has 0 aliphatic heterocycles. The molecule has 0 fully saturated rings. The Kier molecular flexibility index (Phi) is 2.63. The van der Waals surface area contributed by atoms with Crippen LogP contribution in [-0.2, 0) is 0 Å². The van der Waals surface area contributed by atoms with E-state index in [1.165, 1.54) is 0 Å². The van der Waals surface area contributed by atoms with Gasteiger partial charge in [-0.15, -0.1) is 22.9 Å². The number of furan rings is 1. The van der Waals surface area contributed by atoms with Gasteiger partial charge in [-0.05, 0) is 17.5 Å². The van der Waals surface area contributed by atoms with Crippen molar-refractivity contribution < 1.29 is 4.42 Å². The number of halogens is 2. The summed E-state index contributed by atoms with van der Waals surface area (Å²) in [7, 11) is 0. The maximum absolute atomic E-state index is 6.19. The third kappa shape index (κ3) is 1.75. The first-order valence-corrected chi connectivity index (χ1v) is 5.37. The van der Waals surface area contributed by atoms with Crippen molar-refractivity contribution in [2.45, 2.75) is 5.38 Å². The molecule has 2 rings (SSSR count). The van der Waals surface area contributed by atoms with Gasteiger partial charge in [0.25, 0.3) is 0 Å².